The molecular formula is C20H18N4O3. The lowest BCUT2D eigenvalue weighted by molar-refractivity contribution is -0.143. The number of carbonyl (C=O) groups is 2. The van der Waals surface area contributed by atoms with Crippen molar-refractivity contribution < 1.29 is 14.3 Å². The summed E-state index contributed by atoms with van der Waals surface area (Å²) in [5.74, 6) is 4.89. The van der Waals surface area contributed by atoms with Crippen molar-refractivity contribution in [1.29, 1.82) is 0 Å². The Morgan fingerprint density at radius 2 is 1.67 bits per heavy atom. The van der Waals surface area contributed by atoms with E-state index >= 15 is 0 Å². The van der Waals surface area contributed by atoms with E-state index in [4.69, 9.17) is 5.53 Å². The van der Waals surface area contributed by atoms with Crippen LogP contribution in [0.4, 0.5) is 0 Å². The van der Waals surface area contributed by atoms with Crippen LogP contribution in [0.3, 0.4) is 0 Å². The van der Waals surface area contributed by atoms with Crippen LogP contribution in [0.25, 0.3) is 10.4 Å². The smallest absolute Gasteiger partial charge is 0.328 e. The Morgan fingerprint density at radius 1 is 1.07 bits per heavy atom. The summed E-state index contributed by atoms with van der Waals surface area (Å²) in [5, 5.41) is 5.99. The number of methoxy groups -OCH3 is 1. The number of carbonyl (C=O) groups excluding carboxylic acids is 2. The van der Waals surface area contributed by atoms with Gasteiger partial charge in [-0.25, -0.2) is 4.79 Å². The van der Waals surface area contributed by atoms with Crippen molar-refractivity contribution in [2.45, 2.75) is 19.0 Å². The first kappa shape index (κ1) is 19.6. The predicted octanol–water partition coefficient (Wildman–Crippen LogP) is 3.06. The number of benzene rings is 2. The Hall–Kier alpha value is -3.75. The van der Waals surface area contributed by atoms with Gasteiger partial charge in [0.1, 0.15) is 6.04 Å². The highest BCUT2D eigenvalue weighted by atomic mass is 16.5. The number of nitrogens with zero attached hydrogens (tertiary/aromatic N) is 3. The van der Waals surface area contributed by atoms with Gasteiger partial charge >= 0.3 is 5.97 Å². The fourth-order valence-electron chi connectivity index (χ4n) is 2.25. The molecule has 136 valence electrons. The summed E-state index contributed by atoms with van der Waals surface area (Å²) in [7, 11) is 1.20. The predicted molar refractivity (Wildman–Crippen MR) is 101 cm³/mol. The Balaban J connectivity index is 2.11. The zero-order chi connectivity index (χ0) is 19.6. The molecule has 27 heavy (non-hydrogen) atoms. The molecule has 0 saturated heterocycles. The van der Waals surface area contributed by atoms with Crippen LogP contribution in [0, 0.1) is 11.8 Å². The van der Waals surface area contributed by atoms with Gasteiger partial charge in [-0.2, -0.15) is 0 Å². The SMILES string of the molecule is COC(=O)[C@@H](NC(=O)c1ccc(C#Cc2ccccc2)cc1)[C@@H](C)N=[N+]=[N-]. The van der Waals surface area contributed by atoms with Gasteiger partial charge in [0.05, 0.1) is 13.2 Å². The third-order valence-electron chi connectivity index (χ3n) is 3.73. The summed E-state index contributed by atoms with van der Waals surface area (Å²) in [6.45, 7) is 1.52. The molecule has 7 nitrogen and oxygen atoms in total. The summed E-state index contributed by atoms with van der Waals surface area (Å²) in [5.41, 5.74) is 10.5. The van der Waals surface area contributed by atoms with Crippen molar-refractivity contribution in [2.24, 2.45) is 5.11 Å². The molecule has 1 N–H and O–H groups in total. The molecule has 2 aromatic rings. The number of rotatable bonds is 5. The molecule has 0 bridgehead atoms. The number of hydrogen-bond donors (Lipinski definition) is 1. The minimum Gasteiger partial charge on any atom is -0.467 e. The molecule has 0 aliphatic heterocycles. The van der Waals surface area contributed by atoms with Crippen LogP contribution in [0.2, 0.25) is 0 Å². The quantitative estimate of drug-likeness (QED) is 0.290. The second-order valence-corrected chi connectivity index (χ2v) is 5.61. The van der Waals surface area contributed by atoms with E-state index in [9.17, 15) is 9.59 Å². The molecule has 7 heteroatoms. The van der Waals surface area contributed by atoms with Crippen molar-refractivity contribution in [2.75, 3.05) is 7.11 Å². The Bertz CT molecular complexity index is 908. The van der Waals surface area contributed by atoms with E-state index in [2.05, 4.69) is 31.9 Å². The fraction of sp³-hybridized carbons (Fsp3) is 0.200. The van der Waals surface area contributed by atoms with Crippen LogP contribution in [0.1, 0.15) is 28.4 Å². The van der Waals surface area contributed by atoms with E-state index in [1.54, 1.807) is 24.3 Å². The van der Waals surface area contributed by atoms with Crippen molar-refractivity contribution in [1.82, 2.24) is 5.32 Å². The maximum Gasteiger partial charge on any atom is 0.328 e. The minimum atomic E-state index is -1.07. The molecule has 0 saturated carbocycles. The number of azide groups is 1. The first-order valence-electron chi connectivity index (χ1n) is 8.15. The third kappa shape index (κ3) is 5.63. The Morgan fingerprint density at radius 3 is 2.22 bits per heavy atom. The highest BCUT2D eigenvalue weighted by Crippen LogP contribution is 2.07. The van der Waals surface area contributed by atoms with Crippen molar-refractivity contribution in [3.63, 3.8) is 0 Å². The lowest BCUT2D eigenvalue weighted by Crippen LogP contribution is -2.47. The van der Waals surface area contributed by atoms with Crippen molar-refractivity contribution in [3.8, 4) is 11.8 Å². The molecule has 2 aromatic carbocycles. The first-order valence-corrected chi connectivity index (χ1v) is 8.15. The molecule has 0 aliphatic carbocycles. The van der Waals surface area contributed by atoms with Crippen LogP contribution in [-0.2, 0) is 9.53 Å². The van der Waals surface area contributed by atoms with Gasteiger partial charge in [-0.05, 0) is 41.9 Å². The van der Waals surface area contributed by atoms with E-state index in [-0.39, 0.29) is 0 Å². The second kappa shape index (κ2) is 9.66. The van der Waals surface area contributed by atoms with Crippen LogP contribution < -0.4 is 5.32 Å². The first-order chi connectivity index (χ1) is 13.0. The number of ether oxygens (including phenoxy) is 1. The van der Waals surface area contributed by atoms with E-state index in [0.29, 0.717) is 5.56 Å². The summed E-state index contributed by atoms with van der Waals surface area (Å²) < 4.78 is 4.65. The second-order valence-electron chi connectivity index (χ2n) is 5.61. The van der Waals surface area contributed by atoms with E-state index < -0.39 is 24.0 Å². The molecule has 1 amide bonds. The Kier molecular flexibility index (Phi) is 7.00. The van der Waals surface area contributed by atoms with Gasteiger partial charge in [0, 0.05) is 21.6 Å². The van der Waals surface area contributed by atoms with Crippen LogP contribution in [-0.4, -0.2) is 31.1 Å². The lowest BCUT2D eigenvalue weighted by atomic mass is 10.1. The van der Waals surface area contributed by atoms with Gasteiger partial charge in [-0.15, -0.1) is 0 Å². The maximum absolute atomic E-state index is 12.4. The molecule has 0 spiro atoms. The van der Waals surface area contributed by atoms with Gasteiger partial charge < -0.3 is 10.1 Å². The molecule has 2 atom stereocenters. The number of hydrogen-bond acceptors (Lipinski definition) is 4. The summed E-state index contributed by atoms with van der Waals surface area (Å²) in [4.78, 5) is 26.9. The van der Waals surface area contributed by atoms with E-state index in [0.717, 1.165) is 11.1 Å². The van der Waals surface area contributed by atoms with Gasteiger partial charge in [-0.3, -0.25) is 4.79 Å². The minimum absolute atomic E-state index is 0.349. The third-order valence-corrected chi connectivity index (χ3v) is 3.73. The largest absolute Gasteiger partial charge is 0.467 e. The molecule has 0 aromatic heterocycles. The summed E-state index contributed by atoms with van der Waals surface area (Å²) in [6.07, 6.45) is 0. The summed E-state index contributed by atoms with van der Waals surface area (Å²) in [6, 6.07) is 14.3. The monoisotopic (exact) mass is 362 g/mol. The van der Waals surface area contributed by atoms with E-state index in [1.807, 2.05) is 30.3 Å². The van der Waals surface area contributed by atoms with Gasteiger partial charge in [0.25, 0.3) is 5.91 Å². The molecule has 0 unspecified atom stereocenters. The van der Waals surface area contributed by atoms with Crippen LogP contribution in [0.5, 0.6) is 0 Å². The molecular weight excluding hydrogens is 344 g/mol. The number of esters is 1. The van der Waals surface area contributed by atoms with E-state index in [1.165, 1.54) is 14.0 Å². The lowest BCUT2D eigenvalue weighted by Gasteiger charge is -2.19. The molecule has 0 heterocycles. The summed E-state index contributed by atoms with van der Waals surface area (Å²) >= 11 is 0. The van der Waals surface area contributed by atoms with Gasteiger partial charge in [0.15, 0.2) is 0 Å². The molecule has 0 radical (unpaired) electrons. The van der Waals surface area contributed by atoms with Gasteiger partial charge in [0.2, 0.25) is 0 Å². The molecule has 2 rings (SSSR count). The van der Waals surface area contributed by atoms with Crippen molar-refractivity contribution >= 4 is 11.9 Å². The molecule has 0 fully saturated rings. The average Bonchev–Trinajstić information content (AvgIpc) is 2.71. The number of amides is 1. The normalized spacial score (nSPS) is 11.8. The zero-order valence-electron chi connectivity index (χ0n) is 14.9. The van der Waals surface area contributed by atoms with Crippen LogP contribution >= 0.6 is 0 Å². The van der Waals surface area contributed by atoms with Crippen molar-refractivity contribution in [3.05, 3.63) is 81.7 Å². The maximum atomic E-state index is 12.4. The Labute approximate surface area is 157 Å². The highest BCUT2D eigenvalue weighted by molar-refractivity contribution is 5.97. The van der Waals surface area contributed by atoms with Gasteiger partial charge in [-0.1, -0.05) is 42.1 Å². The number of nitrogens with one attached hydrogen (secondary N) is 1. The topological polar surface area (TPSA) is 104 Å². The molecule has 0 aliphatic rings. The van der Waals surface area contributed by atoms with Crippen LogP contribution in [0.15, 0.2) is 59.7 Å². The zero-order valence-corrected chi connectivity index (χ0v) is 14.9. The standard InChI is InChI=1S/C20H18N4O3/c1-14(23-24-21)18(20(26)27-2)22-19(25)17-12-10-16(11-13-17)9-8-15-6-4-3-5-7-15/h3-7,10-14,18H,1-2H3,(H,22,25)/t14-,18+/m1/s1. The average molecular weight is 362 g/mol. The highest BCUT2D eigenvalue weighted by Gasteiger charge is 2.27. The fourth-order valence-corrected chi connectivity index (χ4v) is 2.25.